The van der Waals surface area contributed by atoms with E-state index in [9.17, 15) is 9.90 Å². The number of benzene rings is 1. The number of aliphatic hydroxyl groups excluding tert-OH is 1. The van der Waals surface area contributed by atoms with E-state index in [1.54, 1.807) is 12.0 Å². The molecular formula is C19H30N2O3. The average molecular weight is 334 g/mol. The van der Waals surface area contributed by atoms with Gasteiger partial charge in [0.25, 0.3) is 0 Å². The van der Waals surface area contributed by atoms with E-state index in [4.69, 9.17) is 4.74 Å². The molecule has 5 nitrogen and oxygen atoms in total. The van der Waals surface area contributed by atoms with Crippen molar-refractivity contribution in [2.45, 2.75) is 57.7 Å². The number of nitrogens with zero attached hydrogens (tertiary/aromatic N) is 1. The van der Waals surface area contributed by atoms with Gasteiger partial charge < -0.3 is 20.1 Å². The molecule has 2 unspecified atom stereocenters. The lowest BCUT2D eigenvalue weighted by Crippen LogP contribution is -2.48. The van der Waals surface area contributed by atoms with Crippen LogP contribution in [-0.4, -0.2) is 47.9 Å². The molecule has 2 amide bonds. The fraction of sp³-hybridized carbons (Fsp3) is 0.632. The van der Waals surface area contributed by atoms with Gasteiger partial charge in [0, 0.05) is 19.7 Å². The van der Waals surface area contributed by atoms with E-state index >= 15 is 0 Å². The second kappa shape index (κ2) is 7.99. The number of ether oxygens (including phenoxy) is 1. The van der Waals surface area contributed by atoms with Crippen molar-refractivity contribution in [3.05, 3.63) is 35.4 Å². The van der Waals surface area contributed by atoms with Crippen LogP contribution in [0.15, 0.2) is 24.3 Å². The van der Waals surface area contributed by atoms with Crippen LogP contribution in [0.5, 0.6) is 0 Å². The Morgan fingerprint density at radius 2 is 2.17 bits per heavy atom. The third kappa shape index (κ3) is 4.48. The number of carbonyl (C=O) groups is 1. The quantitative estimate of drug-likeness (QED) is 0.806. The summed E-state index contributed by atoms with van der Waals surface area (Å²) >= 11 is 0. The molecule has 2 atom stereocenters. The number of carbonyl (C=O) groups excluding carboxylic acids is 1. The molecule has 1 aliphatic carbocycles. The molecule has 0 aliphatic heterocycles. The molecule has 0 radical (unpaired) electrons. The molecule has 2 N–H and O–H groups in total. The zero-order valence-corrected chi connectivity index (χ0v) is 15.2. The summed E-state index contributed by atoms with van der Waals surface area (Å²) in [6.07, 6.45) is 2.61. The Bertz CT molecular complexity index is 559. The van der Waals surface area contributed by atoms with E-state index in [2.05, 4.69) is 17.4 Å². The summed E-state index contributed by atoms with van der Waals surface area (Å²) < 4.78 is 5.44. The Morgan fingerprint density at radius 3 is 2.83 bits per heavy atom. The molecule has 0 saturated carbocycles. The molecule has 5 heteroatoms. The van der Waals surface area contributed by atoms with Gasteiger partial charge in [-0.05, 0) is 51.2 Å². The standard InChI is InChI=1S/C19H30N2O3/c1-14(13-19(2,3)24-4)20-18(23)21(11-12-22)17-10-9-15-7-5-6-8-16(15)17/h5-8,14,17,22H,9-13H2,1-4H3,(H,20,23). The Kier molecular flexibility index (Phi) is 6.24. The van der Waals surface area contributed by atoms with Crippen molar-refractivity contribution < 1.29 is 14.6 Å². The summed E-state index contributed by atoms with van der Waals surface area (Å²) in [5.74, 6) is 0. The van der Waals surface area contributed by atoms with Gasteiger partial charge in [0.2, 0.25) is 0 Å². The number of hydrogen-bond donors (Lipinski definition) is 2. The maximum atomic E-state index is 12.8. The van der Waals surface area contributed by atoms with Crippen LogP contribution in [0.3, 0.4) is 0 Å². The molecule has 2 rings (SSSR count). The van der Waals surface area contributed by atoms with E-state index in [1.807, 2.05) is 32.9 Å². The summed E-state index contributed by atoms with van der Waals surface area (Å²) in [5.41, 5.74) is 2.21. The van der Waals surface area contributed by atoms with E-state index in [0.29, 0.717) is 6.54 Å². The summed E-state index contributed by atoms with van der Waals surface area (Å²) in [5, 5.41) is 12.5. The second-order valence-electron chi connectivity index (χ2n) is 7.19. The highest BCUT2D eigenvalue weighted by molar-refractivity contribution is 5.75. The summed E-state index contributed by atoms with van der Waals surface area (Å²) in [6.45, 7) is 6.30. The van der Waals surface area contributed by atoms with Crippen LogP contribution in [0.1, 0.15) is 50.8 Å². The molecule has 24 heavy (non-hydrogen) atoms. The number of aliphatic hydroxyl groups is 1. The molecule has 1 aromatic carbocycles. The minimum Gasteiger partial charge on any atom is -0.395 e. The molecule has 134 valence electrons. The smallest absolute Gasteiger partial charge is 0.318 e. The lowest BCUT2D eigenvalue weighted by molar-refractivity contribution is 0.00891. The molecule has 0 saturated heterocycles. The van der Waals surface area contributed by atoms with Crippen molar-refractivity contribution in [3.8, 4) is 0 Å². The number of urea groups is 1. The van der Waals surface area contributed by atoms with Crippen LogP contribution in [-0.2, 0) is 11.2 Å². The third-order valence-corrected chi connectivity index (χ3v) is 4.80. The van der Waals surface area contributed by atoms with Gasteiger partial charge in [-0.3, -0.25) is 0 Å². The first-order chi connectivity index (χ1) is 11.4. The largest absolute Gasteiger partial charge is 0.395 e. The van der Waals surface area contributed by atoms with Crippen LogP contribution in [0.25, 0.3) is 0 Å². The normalized spacial score (nSPS) is 18.1. The van der Waals surface area contributed by atoms with Crippen LogP contribution >= 0.6 is 0 Å². The highest BCUT2D eigenvalue weighted by atomic mass is 16.5. The maximum Gasteiger partial charge on any atom is 0.318 e. The topological polar surface area (TPSA) is 61.8 Å². The number of methoxy groups -OCH3 is 1. The summed E-state index contributed by atoms with van der Waals surface area (Å²) in [6, 6.07) is 8.16. The van der Waals surface area contributed by atoms with Crippen molar-refractivity contribution in [2.75, 3.05) is 20.3 Å². The van der Waals surface area contributed by atoms with Crippen LogP contribution in [0, 0.1) is 0 Å². The molecule has 0 fully saturated rings. The minimum absolute atomic E-state index is 0.00899. The number of nitrogens with one attached hydrogen (secondary N) is 1. The molecule has 0 heterocycles. The zero-order valence-electron chi connectivity index (χ0n) is 15.2. The molecule has 1 aromatic rings. The predicted octanol–water partition coefficient (Wildman–Crippen LogP) is 2.88. The van der Waals surface area contributed by atoms with Gasteiger partial charge in [0.15, 0.2) is 0 Å². The van der Waals surface area contributed by atoms with Gasteiger partial charge in [0.05, 0.1) is 18.2 Å². The van der Waals surface area contributed by atoms with Crippen molar-refractivity contribution in [3.63, 3.8) is 0 Å². The van der Waals surface area contributed by atoms with Gasteiger partial charge in [0.1, 0.15) is 0 Å². The van der Waals surface area contributed by atoms with Crippen molar-refractivity contribution in [1.82, 2.24) is 10.2 Å². The van der Waals surface area contributed by atoms with E-state index in [-0.39, 0.29) is 30.3 Å². The van der Waals surface area contributed by atoms with Gasteiger partial charge >= 0.3 is 6.03 Å². The first-order valence-corrected chi connectivity index (χ1v) is 8.69. The van der Waals surface area contributed by atoms with E-state index in [1.165, 1.54) is 11.1 Å². The monoisotopic (exact) mass is 334 g/mol. The van der Waals surface area contributed by atoms with Gasteiger partial charge in [-0.15, -0.1) is 0 Å². The highest BCUT2D eigenvalue weighted by Crippen LogP contribution is 2.35. The Balaban J connectivity index is 2.06. The molecule has 1 aliphatic rings. The Labute approximate surface area is 145 Å². The molecule has 0 bridgehead atoms. The predicted molar refractivity (Wildman–Crippen MR) is 95.0 cm³/mol. The number of hydrogen-bond acceptors (Lipinski definition) is 3. The van der Waals surface area contributed by atoms with Gasteiger partial charge in [-0.25, -0.2) is 4.79 Å². The van der Waals surface area contributed by atoms with Gasteiger partial charge in [-0.1, -0.05) is 24.3 Å². The SMILES string of the molecule is COC(C)(C)CC(C)NC(=O)N(CCO)C1CCc2ccccc21. The number of aryl methyl sites for hydroxylation is 1. The Morgan fingerprint density at radius 1 is 1.46 bits per heavy atom. The first-order valence-electron chi connectivity index (χ1n) is 8.69. The highest BCUT2D eigenvalue weighted by Gasteiger charge is 2.31. The third-order valence-electron chi connectivity index (χ3n) is 4.80. The first kappa shape index (κ1) is 18.7. The summed E-state index contributed by atoms with van der Waals surface area (Å²) in [7, 11) is 1.68. The van der Waals surface area contributed by atoms with Crippen molar-refractivity contribution in [2.24, 2.45) is 0 Å². The lowest BCUT2D eigenvalue weighted by Gasteiger charge is -2.32. The van der Waals surface area contributed by atoms with Crippen LogP contribution in [0.4, 0.5) is 4.79 Å². The minimum atomic E-state index is -0.283. The van der Waals surface area contributed by atoms with Crippen LogP contribution in [0.2, 0.25) is 0 Å². The molecule has 0 spiro atoms. The lowest BCUT2D eigenvalue weighted by atomic mass is 10.00. The number of fused-ring (bicyclic) bond motifs is 1. The van der Waals surface area contributed by atoms with E-state index < -0.39 is 0 Å². The fourth-order valence-electron chi connectivity index (χ4n) is 3.53. The van der Waals surface area contributed by atoms with Gasteiger partial charge in [-0.2, -0.15) is 0 Å². The number of rotatable bonds is 7. The molecular weight excluding hydrogens is 304 g/mol. The summed E-state index contributed by atoms with van der Waals surface area (Å²) in [4.78, 5) is 14.5. The Hall–Kier alpha value is -1.59. The maximum absolute atomic E-state index is 12.8. The van der Waals surface area contributed by atoms with Crippen molar-refractivity contribution >= 4 is 6.03 Å². The van der Waals surface area contributed by atoms with Crippen LogP contribution < -0.4 is 5.32 Å². The second-order valence-corrected chi connectivity index (χ2v) is 7.19. The van der Waals surface area contributed by atoms with E-state index in [0.717, 1.165) is 19.3 Å². The fourth-order valence-corrected chi connectivity index (χ4v) is 3.53. The van der Waals surface area contributed by atoms with Crippen molar-refractivity contribution in [1.29, 1.82) is 0 Å². The molecule has 0 aromatic heterocycles. The zero-order chi connectivity index (χ0) is 17.7. The number of amides is 2. The average Bonchev–Trinajstić information content (AvgIpc) is 2.95.